The van der Waals surface area contributed by atoms with Gasteiger partial charge in [-0.05, 0) is 91.8 Å². The molecule has 1 fully saturated rings. The second kappa shape index (κ2) is 8.82. The van der Waals surface area contributed by atoms with Gasteiger partial charge in [-0.25, -0.2) is 0 Å². The van der Waals surface area contributed by atoms with Crippen molar-refractivity contribution in [2.75, 3.05) is 4.90 Å². The number of benzene rings is 2. The maximum atomic E-state index is 6.60. The Hall–Kier alpha value is -2.86. The van der Waals surface area contributed by atoms with Crippen molar-refractivity contribution < 1.29 is 0 Å². The Balaban J connectivity index is 1.69. The molecule has 0 bridgehead atoms. The molecule has 33 heavy (non-hydrogen) atoms. The van der Waals surface area contributed by atoms with E-state index < -0.39 is 0 Å². The van der Waals surface area contributed by atoms with E-state index >= 15 is 0 Å². The number of halogens is 2. The van der Waals surface area contributed by atoms with Gasteiger partial charge in [0.05, 0.1) is 22.4 Å². The fraction of sp³-hybridized carbons (Fsp3) is 0.154. The Morgan fingerprint density at radius 3 is 2.52 bits per heavy atom. The highest BCUT2D eigenvalue weighted by atomic mass is 35.5. The summed E-state index contributed by atoms with van der Waals surface area (Å²) < 4.78 is 2.10. The van der Waals surface area contributed by atoms with Crippen molar-refractivity contribution in [2.45, 2.75) is 25.9 Å². The molecule has 4 nitrogen and oxygen atoms in total. The summed E-state index contributed by atoms with van der Waals surface area (Å²) in [5.74, 6) is 0. The van der Waals surface area contributed by atoms with Crippen LogP contribution in [0.5, 0.6) is 0 Å². The van der Waals surface area contributed by atoms with E-state index in [9.17, 15) is 0 Å². The summed E-state index contributed by atoms with van der Waals surface area (Å²) in [6.07, 6.45) is 3.82. The average molecular weight is 493 g/mol. The molecular weight excluding hydrogens is 471 g/mol. The zero-order valence-corrected chi connectivity index (χ0v) is 20.5. The first-order valence-electron chi connectivity index (χ1n) is 10.6. The molecule has 0 aliphatic carbocycles. The number of anilines is 1. The van der Waals surface area contributed by atoms with Gasteiger partial charge in [0, 0.05) is 28.8 Å². The summed E-state index contributed by atoms with van der Waals surface area (Å²) in [6.45, 7) is 4.23. The monoisotopic (exact) mass is 492 g/mol. The van der Waals surface area contributed by atoms with Crippen LogP contribution < -0.4 is 10.2 Å². The van der Waals surface area contributed by atoms with Gasteiger partial charge in [-0.3, -0.25) is 4.98 Å². The van der Waals surface area contributed by atoms with E-state index in [1.165, 1.54) is 11.1 Å². The van der Waals surface area contributed by atoms with Crippen LogP contribution in [0.15, 0.2) is 79.1 Å². The summed E-state index contributed by atoms with van der Waals surface area (Å²) in [7, 11) is 0. The maximum absolute atomic E-state index is 6.60. The Bertz CT molecular complexity index is 1340. The SMILES string of the molecule is Cc1ccc(N2C(=S)N[C@@H](c3ccccn3)[C@H]2c2cccn2-c2ccc(Cl)cc2Cl)cc1C. The molecule has 1 N–H and O–H groups in total. The Kier molecular flexibility index (Phi) is 5.87. The molecule has 4 aromatic rings. The molecular formula is C26H22Cl2N4S. The summed E-state index contributed by atoms with van der Waals surface area (Å²) in [6, 6.07) is 21.8. The van der Waals surface area contributed by atoms with Crippen LogP contribution in [-0.2, 0) is 0 Å². The molecule has 1 aliphatic heterocycles. The zero-order chi connectivity index (χ0) is 23.1. The fourth-order valence-corrected chi connectivity index (χ4v) is 5.19. The highest BCUT2D eigenvalue weighted by molar-refractivity contribution is 7.80. The number of hydrogen-bond donors (Lipinski definition) is 1. The number of rotatable bonds is 4. The minimum atomic E-state index is -0.142. The lowest BCUT2D eigenvalue weighted by molar-refractivity contribution is 0.549. The molecule has 0 unspecified atom stereocenters. The second-order valence-corrected chi connectivity index (χ2v) is 9.39. The lowest BCUT2D eigenvalue weighted by Crippen LogP contribution is -2.30. The van der Waals surface area contributed by atoms with Crippen molar-refractivity contribution in [2.24, 2.45) is 0 Å². The van der Waals surface area contributed by atoms with Gasteiger partial charge < -0.3 is 14.8 Å². The zero-order valence-electron chi connectivity index (χ0n) is 18.2. The lowest BCUT2D eigenvalue weighted by Gasteiger charge is -2.29. The number of nitrogens with one attached hydrogen (secondary N) is 1. The number of hydrogen-bond acceptors (Lipinski definition) is 2. The molecule has 1 saturated heterocycles. The van der Waals surface area contributed by atoms with Crippen molar-refractivity contribution in [1.82, 2.24) is 14.9 Å². The van der Waals surface area contributed by atoms with Crippen LogP contribution in [0.3, 0.4) is 0 Å². The van der Waals surface area contributed by atoms with Gasteiger partial charge in [0.25, 0.3) is 0 Å². The van der Waals surface area contributed by atoms with E-state index in [-0.39, 0.29) is 12.1 Å². The van der Waals surface area contributed by atoms with E-state index in [4.69, 9.17) is 35.4 Å². The minimum Gasteiger partial charge on any atom is -0.351 e. The van der Waals surface area contributed by atoms with Gasteiger partial charge in [-0.1, -0.05) is 35.3 Å². The number of aromatic nitrogens is 2. The smallest absolute Gasteiger partial charge is 0.174 e. The van der Waals surface area contributed by atoms with Gasteiger partial charge in [0.2, 0.25) is 0 Å². The van der Waals surface area contributed by atoms with Crippen molar-refractivity contribution in [3.05, 3.63) is 112 Å². The molecule has 1 aliphatic rings. The summed E-state index contributed by atoms with van der Waals surface area (Å²) >= 11 is 18.6. The number of nitrogens with zero attached hydrogens (tertiary/aromatic N) is 3. The molecule has 5 rings (SSSR count). The van der Waals surface area contributed by atoms with Crippen molar-refractivity contribution >= 4 is 46.2 Å². The molecule has 0 amide bonds. The number of aryl methyl sites for hydroxylation is 2. The maximum Gasteiger partial charge on any atom is 0.174 e. The molecule has 0 radical (unpaired) electrons. The van der Waals surface area contributed by atoms with Crippen molar-refractivity contribution in [3.8, 4) is 5.69 Å². The average Bonchev–Trinajstić information content (AvgIpc) is 3.40. The van der Waals surface area contributed by atoms with E-state index in [1.54, 1.807) is 6.07 Å². The first kappa shape index (κ1) is 22.0. The van der Waals surface area contributed by atoms with Gasteiger partial charge in [-0.15, -0.1) is 0 Å². The lowest BCUT2D eigenvalue weighted by atomic mass is 10.00. The third-order valence-electron chi connectivity index (χ3n) is 6.12. The molecule has 0 spiro atoms. The Morgan fingerprint density at radius 2 is 1.79 bits per heavy atom. The van der Waals surface area contributed by atoms with Crippen LogP contribution in [0.4, 0.5) is 5.69 Å². The van der Waals surface area contributed by atoms with Gasteiger partial charge >= 0.3 is 0 Å². The number of thiocarbonyl (C=S) groups is 1. The third kappa shape index (κ3) is 4.01. The van der Waals surface area contributed by atoms with Crippen LogP contribution in [0.25, 0.3) is 5.69 Å². The third-order valence-corrected chi connectivity index (χ3v) is 6.97. The number of pyridine rings is 1. The first-order valence-corrected chi connectivity index (χ1v) is 11.8. The predicted octanol–water partition coefficient (Wildman–Crippen LogP) is 6.97. The molecule has 0 saturated carbocycles. The van der Waals surface area contributed by atoms with Crippen molar-refractivity contribution in [3.63, 3.8) is 0 Å². The summed E-state index contributed by atoms with van der Waals surface area (Å²) in [5, 5.41) is 5.37. The minimum absolute atomic E-state index is 0.139. The molecule has 166 valence electrons. The quantitative estimate of drug-likeness (QED) is 0.311. The van der Waals surface area contributed by atoms with Crippen molar-refractivity contribution in [1.29, 1.82) is 0 Å². The summed E-state index contributed by atoms with van der Waals surface area (Å²) in [4.78, 5) is 6.82. The van der Waals surface area contributed by atoms with Gasteiger partial charge in [0.1, 0.15) is 6.04 Å². The van der Waals surface area contributed by atoms with E-state index in [1.807, 2.05) is 48.8 Å². The second-order valence-electron chi connectivity index (χ2n) is 8.16. The first-order chi connectivity index (χ1) is 15.9. The topological polar surface area (TPSA) is 33.1 Å². The molecule has 3 heterocycles. The normalized spacial score (nSPS) is 17.9. The molecule has 2 aromatic heterocycles. The van der Waals surface area contributed by atoms with E-state index in [0.29, 0.717) is 15.2 Å². The van der Waals surface area contributed by atoms with Crippen LogP contribution in [-0.4, -0.2) is 14.7 Å². The van der Waals surface area contributed by atoms with Crippen LogP contribution >= 0.6 is 35.4 Å². The van der Waals surface area contributed by atoms with E-state index in [0.717, 1.165) is 22.8 Å². The molecule has 2 aromatic carbocycles. The molecule has 2 atom stereocenters. The summed E-state index contributed by atoms with van der Waals surface area (Å²) in [5.41, 5.74) is 6.32. The standard InChI is InChI=1S/C26H22Cl2N4S/c1-16-8-10-19(14-17(16)2)32-25(24(30-26(32)33)21-6-3-4-12-29-21)23-7-5-13-31(23)22-11-9-18(27)15-20(22)28/h3-15,24-25H,1-2H3,(H,30,33)/t24-,25+/m0/s1. The highest BCUT2D eigenvalue weighted by Crippen LogP contribution is 2.43. The fourth-order valence-electron chi connectivity index (χ4n) is 4.34. The Labute approximate surface area is 208 Å². The predicted molar refractivity (Wildman–Crippen MR) is 140 cm³/mol. The molecule has 7 heteroatoms. The van der Waals surface area contributed by atoms with Gasteiger partial charge in [-0.2, -0.15) is 0 Å². The largest absolute Gasteiger partial charge is 0.351 e. The van der Waals surface area contributed by atoms with Crippen LogP contribution in [0, 0.1) is 13.8 Å². The van der Waals surface area contributed by atoms with Gasteiger partial charge in [0.15, 0.2) is 5.11 Å². The van der Waals surface area contributed by atoms with Crippen LogP contribution in [0.1, 0.15) is 34.6 Å². The Morgan fingerprint density at radius 1 is 0.939 bits per heavy atom. The highest BCUT2D eigenvalue weighted by Gasteiger charge is 2.42. The van der Waals surface area contributed by atoms with E-state index in [2.05, 4.69) is 57.9 Å². The van der Waals surface area contributed by atoms with Crippen LogP contribution in [0.2, 0.25) is 10.0 Å².